The van der Waals surface area contributed by atoms with E-state index in [2.05, 4.69) is 49.5 Å². The van der Waals surface area contributed by atoms with Gasteiger partial charge in [-0.15, -0.1) is 0 Å². The lowest BCUT2D eigenvalue weighted by Crippen LogP contribution is -2.35. The Labute approximate surface area is 118 Å². The van der Waals surface area contributed by atoms with E-state index in [-0.39, 0.29) is 0 Å². The highest BCUT2D eigenvalue weighted by molar-refractivity contribution is 5.19. The maximum Gasteiger partial charge on any atom is 0.0322 e. The molecule has 1 aliphatic rings. The van der Waals surface area contributed by atoms with E-state index in [1.807, 2.05) is 0 Å². The zero-order valence-corrected chi connectivity index (χ0v) is 12.6. The molecule has 1 atom stereocenters. The zero-order valence-electron chi connectivity index (χ0n) is 12.6. The standard InChI is InChI=1S/C18H29N/c1-3-4-10-18(16-8-6-5-7-9-16)19-17-13-11-15(2)12-14-17/h5-9,15,17-19H,3-4,10-14H2,1-2H3. The maximum atomic E-state index is 3.93. The third-order valence-electron chi connectivity index (χ3n) is 4.50. The number of hydrogen-bond donors (Lipinski definition) is 1. The van der Waals surface area contributed by atoms with Crippen LogP contribution in [0.2, 0.25) is 0 Å². The normalized spacial score (nSPS) is 25.2. The van der Waals surface area contributed by atoms with Crippen LogP contribution in [0.1, 0.15) is 70.4 Å². The second-order valence-corrected chi connectivity index (χ2v) is 6.23. The first-order chi connectivity index (χ1) is 9.29. The van der Waals surface area contributed by atoms with Gasteiger partial charge in [0.15, 0.2) is 0 Å². The molecule has 0 radical (unpaired) electrons. The molecular formula is C18H29N. The van der Waals surface area contributed by atoms with Crippen molar-refractivity contribution in [1.29, 1.82) is 0 Å². The predicted octanol–water partition coefficient (Wildman–Crippen LogP) is 5.09. The summed E-state index contributed by atoms with van der Waals surface area (Å²) in [6, 6.07) is 12.3. The summed E-state index contributed by atoms with van der Waals surface area (Å²) < 4.78 is 0. The van der Waals surface area contributed by atoms with Gasteiger partial charge in [0, 0.05) is 12.1 Å². The fourth-order valence-electron chi connectivity index (χ4n) is 3.15. The fraction of sp³-hybridized carbons (Fsp3) is 0.667. The van der Waals surface area contributed by atoms with Crippen molar-refractivity contribution in [3.05, 3.63) is 35.9 Å². The molecule has 0 aliphatic heterocycles. The van der Waals surface area contributed by atoms with E-state index in [9.17, 15) is 0 Å². The van der Waals surface area contributed by atoms with Gasteiger partial charge in [0.2, 0.25) is 0 Å². The van der Waals surface area contributed by atoms with E-state index < -0.39 is 0 Å². The molecule has 0 amide bonds. The Balaban J connectivity index is 1.94. The minimum absolute atomic E-state index is 0.555. The van der Waals surface area contributed by atoms with Crippen LogP contribution in [-0.4, -0.2) is 6.04 Å². The first-order valence-electron chi connectivity index (χ1n) is 8.10. The van der Waals surface area contributed by atoms with Crippen molar-refractivity contribution in [2.75, 3.05) is 0 Å². The Kier molecular flexibility index (Phi) is 5.91. The van der Waals surface area contributed by atoms with Gasteiger partial charge in [-0.3, -0.25) is 0 Å². The summed E-state index contributed by atoms with van der Waals surface area (Å²) in [6.07, 6.45) is 9.38. The molecule has 1 aromatic rings. The third-order valence-corrected chi connectivity index (χ3v) is 4.50. The van der Waals surface area contributed by atoms with Crippen molar-refractivity contribution in [2.45, 2.75) is 70.9 Å². The highest BCUT2D eigenvalue weighted by Gasteiger charge is 2.21. The second-order valence-electron chi connectivity index (χ2n) is 6.23. The van der Waals surface area contributed by atoms with Crippen molar-refractivity contribution >= 4 is 0 Å². The summed E-state index contributed by atoms with van der Waals surface area (Å²) in [5, 5.41) is 3.93. The van der Waals surface area contributed by atoms with Crippen molar-refractivity contribution in [3.8, 4) is 0 Å². The van der Waals surface area contributed by atoms with Gasteiger partial charge in [0.1, 0.15) is 0 Å². The number of rotatable bonds is 6. The van der Waals surface area contributed by atoms with E-state index in [0.29, 0.717) is 6.04 Å². The Morgan fingerprint density at radius 3 is 2.42 bits per heavy atom. The van der Waals surface area contributed by atoms with Crippen LogP contribution in [0.4, 0.5) is 0 Å². The quantitative estimate of drug-likeness (QED) is 0.750. The molecule has 0 bridgehead atoms. The highest BCUT2D eigenvalue weighted by atomic mass is 15.0. The van der Waals surface area contributed by atoms with Crippen molar-refractivity contribution in [1.82, 2.24) is 5.32 Å². The summed E-state index contributed by atoms with van der Waals surface area (Å²) >= 11 is 0. The molecule has 1 aromatic carbocycles. The Hall–Kier alpha value is -0.820. The van der Waals surface area contributed by atoms with Gasteiger partial charge >= 0.3 is 0 Å². The lowest BCUT2D eigenvalue weighted by atomic mass is 9.86. The Morgan fingerprint density at radius 1 is 1.11 bits per heavy atom. The summed E-state index contributed by atoms with van der Waals surface area (Å²) in [5.74, 6) is 0.934. The molecule has 0 aromatic heterocycles. The number of unbranched alkanes of at least 4 members (excludes halogenated alkanes) is 1. The summed E-state index contributed by atoms with van der Waals surface area (Å²) in [4.78, 5) is 0. The molecule has 1 saturated carbocycles. The third kappa shape index (κ3) is 4.65. The Morgan fingerprint density at radius 2 is 1.79 bits per heavy atom. The van der Waals surface area contributed by atoms with E-state index in [4.69, 9.17) is 0 Å². The lowest BCUT2D eigenvalue weighted by Gasteiger charge is -2.31. The highest BCUT2D eigenvalue weighted by Crippen LogP contribution is 2.27. The monoisotopic (exact) mass is 259 g/mol. The largest absolute Gasteiger partial charge is 0.307 e. The molecule has 1 aliphatic carbocycles. The molecule has 0 spiro atoms. The lowest BCUT2D eigenvalue weighted by molar-refractivity contribution is 0.280. The average molecular weight is 259 g/mol. The van der Waals surface area contributed by atoms with Crippen LogP contribution in [0.5, 0.6) is 0 Å². The zero-order chi connectivity index (χ0) is 13.5. The first kappa shape index (κ1) is 14.6. The molecule has 19 heavy (non-hydrogen) atoms. The number of nitrogens with one attached hydrogen (secondary N) is 1. The topological polar surface area (TPSA) is 12.0 Å². The van der Waals surface area contributed by atoms with Crippen molar-refractivity contribution < 1.29 is 0 Å². The van der Waals surface area contributed by atoms with Gasteiger partial charge in [-0.2, -0.15) is 0 Å². The van der Waals surface area contributed by atoms with E-state index >= 15 is 0 Å². The Bertz CT molecular complexity index is 338. The van der Waals surface area contributed by atoms with Crippen LogP contribution >= 0.6 is 0 Å². The van der Waals surface area contributed by atoms with Crippen LogP contribution < -0.4 is 5.32 Å². The van der Waals surface area contributed by atoms with Gasteiger partial charge in [0.05, 0.1) is 0 Å². The van der Waals surface area contributed by atoms with E-state index in [1.54, 1.807) is 0 Å². The van der Waals surface area contributed by atoms with E-state index in [1.165, 1.54) is 50.5 Å². The van der Waals surface area contributed by atoms with Crippen LogP contribution in [0.15, 0.2) is 30.3 Å². The molecule has 1 heteroatoms. The molecular weight excluding hydrogens is 230 g/mol. The van der Waals surface area contributed by atoms with Gasteiger partial charge in [-0.1, -0.05) is 57.0 Å². The first-order valence-corrected chi connectivity index (χ1v) is 8.10. The molecule has 1 N–H and O–H groups in total. The van der Waals surface area contributed by atoms with Gasteiger partial charge < -0.3 is 5.32 Å². The molecule has 2 rings (SSSR count). The number of hydrogen-bond acceptors (Lipinski definition) is 1. The van der Waals surface area contributed by atoms with Crippen LogP contribution in [-0.2, 0) is 0 Å². The second kappa shape index (κ2) is 7.69. The smallest absolute Gasteiger partial charge is 0.0322 e. The molecule has 1 unspecified atom stereocenters. The summed E-state index contributed by atoms with van der Waals surface area (Å²) in [7, 11) is 0. The predicted molar refractivity (Wildman–Crippen MR) is 83.3 cm³/mol. The minimum atomic E-state index is 0.555. The SMILES string of the molecule is CCCCC(NC1CCC(C)CC1)c1ccccc1. The molecule has 106 valence electrons. The van der Waals surface area contributed by atoms with Crippen molar-refractivity contribution in [3.63, 3.8) is 0 Å². The molecule has 1 nitrogen and oxygen atoms in total. The summed E-state index contributed by atoms with van der Waals surface area (Å²) in [5.41, 5.74) is 1.47. The molecule has 0 saturated heterocycles. The van der Waals surface area contributed by atoms with Crippen molar-refractivity contribution in [2.24, 2.45) is 5.92 Å². The maximum absolute atomic E-state index is 3.93. The van der Waals surface area contributed by atoms with Crippen LogP contribution in [0.3, 0.4) is 0 Å². The fourth-order valence-corrected chi connectivity index (χ4v) is 3.15. The minimum Gasteiger partial charge on any atom is -0.307 e. The summed E-state index contributed by atoms with van der Waals surface area (Å²) in [6.45, 7) is 4.67. The molecule has 1 fully saturated rings. The van der Waals surface area contributed by atoms with Gasteiger partial charge in [-0.05, 0) is 43.6 Å². The van der Waals surface area contributed by atoms with Gasteiger partial charge in [0.25, 0.3) is 0 Å². The number of benzene rings is 1. The van der Waals surface area contributed by atoms with Crippen LogP contribution in [0.25, 0.3) is 0 Å². The van der Waals surface area contributed by atoms with E-state index in [0.717, 1.165) is 12.0 Å². The average Bonchev–Trinajstić information content (AvgIpc) is 2.46. The van der Waals surface area contributed by atoms with Gasteiger partial charge in [-0.25, -0.2) is 0 Å². The molecule has 0 heterocycles. The van der Waals surface area contributed by atoms with Crippen LogP contribution in [0, 0.1) is 5.92 Å².